The molecule has 0 N–H and O–H groups in total. The highest BCUT2D eigenvalue weighted by atomic mass is 32.2. The van der Waals surface area contributed by atoms with Crippen molar-refractivity contribution in [3.8, 4) is 17.2 Å². The van der Waals surface area contributed by atoms with Crippen molar-refractivity contribution in [1.29, 1.82) is 0 Å². The van der Waals surface area contributed by atoms with Gasteiger partial charge < -0.3 is 18.5 Å². The number of ether oxygens (including phenoxy) is 3. The number of nitrogens with zero attached hydrogens (tertiary/aromatic N) is 2. The summed E-state index contributed by atoms with van der Waals surface area (Å²) in [5.74, 6) is 2.84. The molecular weight excluding hydrogens is 264 g/mol. The Balaban J connectivity index is 2.13. The van der Waals surface area contributed by atoms with Crippen molar-refractivity contribution in [2.24, 2.45) is 4.99 Å². The first-order chi connectivity index (χ1) is 9.28. The third-order valence-electron chi connectivity index (χ3n) is 2.78. The summed E-state index contributed by atoms with van der Waals surface area (Å²) < 4.78 is 18.1. The lowest BCUT2D eigenvalue weighted by Crippen LogP contribution is -2.10. The Bertz CT molecular complexity index is 440. The van der Waals surface area contributed by atoms with Gasteiger partial charge in [0.25, 0.3) is 0 Å². The average molecular weight is 282 g/mol. The summed E-state index contributed by atoms with van der Waals surface area (Å²) in [5.41, 5.74) is 1.12. The van der Waals surface area contributed by atoms with Gasteiger partial charge in [-0.1, -0.05) is 0 Å². The number of hydrogen-bond donors (Lipinski definition) is 0. The fourth-order valence-corrected chi connectivity index (χ4v) is 2.66. The molecule has 0 spiro atoms. The zero-order valence-corrected chi connectivity index (χ0v) is 12.2. The molecule has 1 aliphatic heterocycles. The van der Waals surface area contributed by atoms with E-state index in [9.17, 15) is 0 Å². The van der Waals surface area contributed by atoms with Gasteiger partial charge in [0.2, 0.25) is 5.75 Å². The molecule has 5 nitrogen and oxygen atoms in total. The van der Waals surface area contributed by atoms with Crippen LogP contribution in [0, 0.1) is 0 Å². The Morgan fingerprint density at radius 1 is 1.16 bits per heavy atom. The van der Waals surface area contributed by atoms with E-state index in [4.69, 9.17) is 14.2 Å². The second-order valence-electron chi connectivity index (χ2n) is 3.97. The average Bonchev–Trinajstić information content (AvgIpc) is 2.97. The van der Waals surface area contributed by atoms with Crippen molar-refractivity contribution >= 4 is 18.3 Å². The largest absolute Gasteiger partial charge is 0.493 e. The molecule has 0 aromatic heterocycles. The predicted octanol–water partition coefficient (Wildman–Crippen LogP) is 2.20. The Labute approximate surface area is 117 Å². The van der Waals surface area contributed by atoms with Crippen LogP contribution in [0.3, 0.4) is 0 Å². The Kier molecular flexibility index (Phi) is 4.79. The molecule has 104 valence electrons. The van der Waals surface area contributed by atoms with Gasteiger partial charge in [0.05, 0.1) is 40.8 Å². The minimum Gasteiger partial charge on any atom is -0.493 e. The minimum atomic E-state index is 0.626. The summed E-state index contributed by atoms with van der Waals surface area (Å²) in [6, 6.07) is 3.95. The molecule has 0 radical (unpaired) electrons. The van der Waals surface area contributed by atoms with Gasteiger partial charge in [0.1, 0.15) is 0 Å². The van der Waals surface area contributed by atoms with Crippen LogP contribution in [0.4, 0.5) is 0 Å². The SMILES string of the molecule is COc1cc(CSN2C=NCC2)cc(OC)c1OC. The van der Waals surface area contributed by atoms with E-state index in [1.165, 1.54) is 0 Å². The zero-order chi connectivity index (χ0) is 13.7. The number of methoxy groups -OCH3 is 3. The predicted molar refractivity (Wildman–Crippen MR) is 77.5 cm³/mol. The topological polar surface area (TPSA) is 43.3 Å². The van der Waals surface area contributed by atoms with Crippen LogP contribution in [0.25, 0.3) is 0 Å². The standard InChI is InChI=1S/C13H18N2O3S/c1-16-11-6-10(7-12(17-2)13(11)18-3)8-19-15-5-4-14-9-15/h6-7,9H,4-5,8H2,1-3H3. The number of rotatable bonds is 6. The van der Waals surface area contributed by atoms with Gasteiger partial charge in [-0.2, -0.15) is 0 Å². The van der Waals surface area contributed by atoms with Gasteiger partial charge in [-0.3, -0.25) is 4.99 Å². The van der Waals surface area contributed by atoms with Gasteiger partial charge in [-0.25, -0.2) is 0 Å². The van der Waals surface area contributed by atoms with Gasteiger partial charge in [-0.05, 0) is 29.6 Å². The normalized spacial score (nSPS) is 13.7. The van der Waals surface area contributed by atoms with Gasteiger partial charge in [-0.15, -0.1) is 0 Å². The van der Waals surface area contributed by atoms with Crippen LogP contribution in [-0.2, 0) is 5.75 Å². The quantitative estimate of drug-likeness (QED) is 0.748. The highest BCUT2D eigenvalue weighted by Gasteiger charge is 2.14. The summed E-state index contributed by atoms with van der Waals surface area (Å²) in [6.45, 7) is 1.84. The molecule has 0 saturated heterocycles. The molecule has 6 heteroatoms. The van der Waals surface area contributed by atoms with Crippen LogP contribution >= 0.6 is 11.9 Å². The third-order valence-corrected chi connectivity index (χ3v) is 3.85. The summed E-state index contributed by atoms with van der Waals surface area (Å²) in [4.78, 5) is 4.18. The molecule has 0 saturated carbocycles. The fraction of sp³-hybridized carbons (Fsp3) is 0.462. The molecular formula is C13H18N2O3S. The number of aliphatic imine (C=N–C) groups is 1. The van der Waals surface area contributed by atoms with Gasteiger partial charge in [0, 0.05) is 5.75 Å². The summed E-state index contributed by atoms with van der Waals surface area (Å²) in [5, 5.41) is 0. The van der Waals surface area contributed by atoms with E-state index >= 15 is 0 Å². The monoisotopic (exact) mass is 282 g/mol. The summed E-state index contributed by atoms with van der Waals surface area (Å²) in [7, 11) is 4.86. The van der Waals surface area contributed by atoms with Crippen LogP contribution in [0.1, 0.15) is 5.56 Å². The first-order valence-electron chi connectivity index (χ1n) is 5.97. The smallest absolute Gasteiger partial charge is 0.203 e. The first-order valence-corrected chi connectivity index (χ1v) is 6.91. The molecule has 1 aliphatic rings. The minimum absolute atomic E-state index is 0.626. The Morgan fingerprint density at radius 3 is 2.32 bits per heavy atom. The van der Waals surface area contributed by atoms with Crippen molar-refractivity contribution in [3.63, 3.8) is 0 Å². The van der Waals surface area contributed by atoms with E-state index in [0.717, 1.165) is 24.4 Å². The van der Waals surface area contributed by atoms with E-state index in [-0.39, 0.29) is 0 Å². The molecule has 1 aromatic rings. The molecule has 1 aromatic carbocycles. The fourth-order valence-electron chi connectivity index (χ4n) is 1.84. The molecule has 0 unspecified atom stereocenters. The van der Waals surface area contributed by atoms with Crippen LogP contribution in [0.2, 0.25) is 0 Å². The summed E-state index contributed by atoms with van der Waals surface area (Å²) >= 11 is 1.72. The van der Waals surface area contributed by atoms with Crippen molar-refractivity contribution in [1.82, 2.24) is 4.31 Å². The summed E-state index contributed by atoms with van der Waals surface area (Å²) in [6.07, 6.45) is 1.88. The maximum atomic E-state index is 5.34. The molecule has 19 heavy (non-hydrogen) atoms. The van der Waals surface area contributed by atoms with Gasteiger partial charge in [0.15, 0.2) is 11.5 Å². The second kappa shape index (κ2) is 6.56. The highest BCUT2D eigenvalue weighted by Crippen LogP contribution is 2.39. The van der Waals surface area contributed by atoms with E-state index in [1.807, 2.05) is 18.5 Å². The van der Waals surface area contributed by atoms with Crippen molar-refractivity contribution in [2.75, 3.05) is 34.4 Å². The molecule has 0 fully saturated rings. The third kappa shape index (κ3) is 3.26. The molecule has 0 bridgehead atoms. The Morgan fingerprint density at radius 2 is 1.84 bits per heavy atom. The van der Waals surface area contributed by atoms with Crippen LogP contribution < -0.4 is 14.2 Å². The van der Waals surface area contributed by atoms with Gasteiger partial charge >= 0.3 is 0 Å². The van der Waals surface area contributed by atoms with Crippen LogP contribution in [0.5, 0.6) is 17.2 Å². The van der Waals surface area contributed by atoms with E-state index in [2.05, 4.69) is 9.30 Å². The molecule has 0 amide bonds. The molecule has 0 aliphatic carbocycles. The van der Waals surface area contributed by atoms with E-state index in [0.29, 0.717) is 17.2 Å². The maximum absolute atomic E-state index is 5.34. The van der Waals surface area contributed by atoms with Crippen molar-refractivity contribution in [3.05, 3.63) is 17.7 Å². The molecule has 0 atom stereocenters. The first kappa shape index (κ1) is 13.9. The lowest BCUT2D eigenvalue weighted by Gasteiger charge is -2.16. The molecule has 2 rings (SSSR count). The van der Waals surface area contributed by atoms with Crippen LogP contribution in [0.15, 0.2) is 17.1 Å². The molecule has 1 heterocycles. The van der Waals surface area contributed by atoms with Crippen LogP contribution in [-0.4, -0.2) is 45.1 Å². The second-order valence-corrected chi connectivity index (χ2v) is 4.99. The van der Waals surface area contributed by atoms with Crippen molar-refractivity contribution < 1.29 is 14.2 Å². The lowest BCUT2D eigenvalue weighted by molar-refractivity contribution is 0.324. The number of hydrogen-bond acceptors (Lipinski definition) is 6. The van der Waals surface area contributed by atoms with E-state index in [1.54, 1.807) is 33.3 Å². The van der Waals surface area contributed by atoms with Crippen molar-refractivity contribution in [2.45, 2.75) is 5.75 Å². The Hall–Kier alpha value is -1.56. The lowest BCUT2D eigenvalue weighted by atomic mass is 10.2. The highest BCUT2D eigenvalue weighted by molar-refractivity contribution is 7.96. The van der Waals surface area contributed by atoms with E-state index < -0.39 is 0 Å². The zero-order valence-electron chi connectivity index (χ0n) is 11.4. The maximum Gasteiger partial charge on any atom is 0.203 e. The number of benzene rings is 1.